The van der Waals surface area contributed by atoms with Crippen molar-refractivity contribution in [1.82, 2.24) is 5.32 Å². The summed E-state index contributed by atoms with van der Waals surface area (Å²) in [5.74, 6) is 0.961. The van der Waals surface area contributed by atoms with Gasteiger partial charge in [-0.2, -0.15) is 0 Å². The predicted octanol–water partition coefficient (Wildman–Crippen LogP) is 2.79. The van der Waals surface area contributed by atoms with Crippen molar-refractivity contribution in [3.8, 4) is 0 Å². The second-order valence-electron chi connectivity index (χ2n) is 3.66. The van der Waals surface area contributed by atoms with Crippen molar-refractivity contribution in [2.24, 2.45) is 0 Å². The highest BCUT2D eigenvalue weighted by atomic mass is 16.5. The number of piperidine rings is 1. The summed E-state index contributed by atoms with van der Waals surface area (Å²) in [6, 6.07) is 0. The molecule has 15 heavy (non-hydrogen) atoms. The van der Waals surface area contributed by atoms with E-state index in [0.29, 0.717) is 6.10 Å². The van der Waals surface area contributed by atoms with Crippen LogP contribution in [0.4, 0.5) is 0 Å². The van der Waals surface area contributed by atoms with Crippen LogP contribution in [0.2, 0.25) is 0 Å². The van der Waals surface area contributed by atoms with Gasteiger partial charge in [-0.05, 0) is 51.9 Å². The molecule has 2 nitrogen and oxygen atoms in total. The largest absolute Gasteiger partial charge is 0.490 e. The summed E-state index contributed by atoms with van der Waals surface area (Å²) >= 11 is 0. The Bertz CT molecular complexity index is 247. The Kier molecular flexibility index (Phi) is 5.86. The van der Waals surface area contributed by atoms with Crippen LogP contribution in [0.5, 0.6) is 0 Å². The Balaban J connectivity index is 2.49. The van der Waals surface area contributed by atoms with E-state index in [1.165, 1.54) is 0 Å². The number of ether oxygens (including phenoxy) is 1. The minimum absolute atomic E-state index is 0.374. The average molecular weight is 207 g/mol. The summed E-state index contributed by atoms with van der Waals surface area (Å²) in [6.45, 7) is 6.15. The highest BCUT2D eigenvalue weighted by molar-refractivity contribution is 5.18. The third-order valence-electron chi connectivity index (χ3n) is 2.37. The van der Waals surface area contributed by atoms with Crippen LogP contribution in [0.1, 0.15) is 26.7 Å². The Morgan fingerprint density at radius 2 is 1.93 bits per heavy atom. The lowest BCUT2D eigenvalue weighted by atomic mass is 10.1. The summed E-state index contributed by atoms with van der Waals surface area (Å²) in [5, 5.41) is 3.33. The highest BCUT2D eigenvalue weighted by Crippen LogP contribution is 2.13. The van der Waals surface area contributed by atoms with E-state index in [-0.39, 0.29) is 0 Å². The zero-order valence-corrected chi connectivity index (χ0v) is 9.70. The van der Waals surface area contributed by atoms with Gasteiger partial charge in [0.25, 0.3) is 0 Å². The Morgan fingerprint density at radius 3 is 2.53 bits per heavy atom. The van der Waals surface area contributed by atoms with Crippen molar-refractivity contribution < 1.29 is 4.74 Å². The SMILES string of the molecule is C\C=C/C=C(\C=C/C)OC1CCNCC1. The van der Waals surface area contributed by atoms with E-state index in [2.05, 4.69) is 5.32 Å². The molecule has 1 saturated heterocycles. The van der Waals surface area contributed by atoms with Crippen LogP contribution in [-0.4, -0.2) is 19.2 Å². The first-order chi connectivity index (χ1) is 7.36. The van der Waals surface area contributed by atoms with Crippen LogP contribution in [0, 0.1) is 0 Å². The molecule has 1 heterocycles. The van der Waals surface area contributed by atoms with Gasteiger partial charge in [-0.25, -0.2) is 0 Å². The standard InChI is InChI=1S/C13H21NO/c1-3-5-7-12(6-4-2)15-13-8-10-14-11-9-13/h3-7,13-14H,8-11H2,1-2H3/b5-3-,6-4-,12-7+. The van der Waals surface area contributed by atoms with Gasteiger partial charge in [-0.1, -0.05) is 18.2 Å². The third kappa shape index (κ3) is 4.84. The first kappa shape index (κ1) is 12.1. The molecular weight excluding hydrogens is 186 g/mol. The number of nitrogens with one attached hydrogen (secondary N) is 1. The summed E-state index contributed by atoms with van der Waals surface area (Å²) in [6.07, 6.45) is 12.6. The molecule has 1 N–H and O–H groups in total. The lowest BCUT2D eigenvalue weighted by Gasteiger charge is -2.24. The highest BCUT2D eigenvalue weighted by Gasteiger charge is 2.14. The third-order valence-corrected chi connectivity index (χ3v) is 2.37. The van der Waals surface area contributed by atoms with Gasteiger partial charge in [0.1, 0.15) is 11.9 Å². The molecule has 1 fully saturated rings. The molecule has 1 aliphatic heterocycles. The molecule has 0 aliphatic carbocycles. The number of hydrogen-bond donors (Lipinski definition) is 1. The first-order valence-corrected chi connectivity index (χ1v) is 5.70. The molecule has 0 aromatic rings. The molecule has 0 radical (unpaired) electrons. The van der Waals surface area contributed by atoms with Gasteiger partial charge < -0.3 is 10.1 Å². The maximum Gasteiger partial charge on any atom is 0.119 e. The van der Waals surface area contributed by atoms with Gasteiger partial charge >= 0.3 is 0 Å². The number of allylic oxidation sites excluding steroid dienone is 5. The van der Waals surface area contributed by atoms with Gasteiger partial charge in [0.05, 0.1) is 0 Å². The maximum atomic E-state index is 5.92. The van der Waals surface area contributed by atoms with E-state index in [4.69, 9.17) is 4.74 Å². The summed E-state index contributed by atoms with van der Waals surface area (Å²) in [7, 11) is 0. The van der Waals surface area contributed by atoms with Crippen LogP contribution in [0.25, 0.3) is 0 Å². The lowest BCUT2D eigenvalue weighted by Crippen LogP contribution is -2.32. The molecule has 0 atom stereocenters. The Labute approximate surface area is 92.7 Å². The van der Waals surface area contributed by atoms with Gasteiger partial charge in [-0.3, -0.25) is 0 Å². The van der Waals surface area contributed by atoms with Crippen molar-refractivity contribution in [3.05, 3.63) is 36.1 Å². The van der Waals surface area contributed by atoms with E-state index >= 15 is 0 Å². The molecule has 1 rings (SSSR count). The normalized spacial score (nSPS) is 20.3. The predicted molar refractivity (Wildman–Crippen MR) is 64.7 cm³/mol. The monoisotopic (exact) mass is 207 g/mol. The second-order valence-corrected chi connectivity index (χ2v) is 3.66. The molecule has 0 aromatic carbocycles. The Morgan fingerprint density at radius 1 is 1.20 bits per heavy atom. The van der Waals surface area contributed by atoms with Crippen molar-refractivity contribution in [3.63, 3.8) is 0 Å². The minimum Gasteiger partial charge on any atom is -0.490 e. The fourth-order valence-electron chi connectivity index (χ4n) is 1.60. The first-order valence-electron chi connectivity index (χ1n) is 5.70. The van der Waals surface area contributed by atoms with Crippen LogP contribution in [0.15, 0.2) is 36.1 Å². The molecule has 0 unspecified atom stereocenters. The molecule has 1 aliphatic rings. The van der Waals surface area contributed by atoms with Gasteiger partial charge in [0.15, 0.2) is 0 Å². The zero-order valence-electron chi connectivity index (χ0n) is 9.70. The van der Waals surface area contributed by atoms with E-state index in [1.807, 2.05) is 44.2 Å². The quantitative estimate of drug-likeness (QED) is 0.565. The second kappa shape index (κ2) is 7.30. The molecule has 2 heteroatoms. The topological polar surface area (TPSA) is 21.3 Å². The van der Waals surface area contributed by atoms with E-state index in [0.717, 1.165) is 31.7 Å². The number of hydrogen-bond acceptors (Lipinski definition) is 2. The van der Waals surface area contributed by atoms with Crippen LogP contribution in [-0.2, 0) is 4.74 Å². The average Bonchev–Trinajstić information content (AvgIpc) is 2.28. The molecule has 0 saturated carbocycles. The van der Waals surface area contributed by atoms with Crippen molar-refractivity contribution in [2.75, 3.05) is 13.1 Å². The fourth-order valence-corrected chi connectivity index (χ4v) is 1.60. The smallest absolute Gasteiger partial charge is 0.119 e. The molecule has 0 spiro atoms. The summed E-state index contributed by atoms with van der Waals surface area (Å²) < 4.78 is 5.92. The summed E-state index contributed by atoms with van der Waals surface area (Å²) in [5.41, 5.74) is 0. The molecule has 0 bridgehead atoms. The van der Waals surface area contributed by atoms with Crippen LogP contribution in [0.3, 0.4) is 0 Å². The van der Waals surface area contributed by atoms with Gasteiger partial charge in [-0.15, -0.1) is 0 Å². The molecule has 84 valence electrons. The van der Waals surface area contributed by atoms with Gasteiger partial charge in [0, 0.05) is 0 Å². The van der Waals surface area contributed by atoms with Crippen molar-refractivity contribution in [2.45, 2.75) is 32.8 Å². The molecule has 0 amide bonds. The molecular formula is C13H21NO. The van der Waals surface area contributed by atoms with E-state index < -0.39 is 0 Å². The zero-order chi connectivity index (χ0) is 10.9. The Hall–Kier alpha value is -1.02. The van der Waals surface area contributed by atoms with Gasteiger partial charge in [0.2, 0.25) is 0 Å². The summed E-state index contributed by atoms with van der Waals surface area (Å²) in [4.78, 5) is 0. The molecule has 0 aromatic heterocycles. The van der Waals surface area contributed by atoms with E-state index in [9.17, 15) is 0 Å². The maximum absolute atomic E-state index is 5.92. The van der Waals surface area contributed by atoms with E-state index in [1.54, 1.807) is 0 Å². The number of rotatable bonds is 4. The van der Waals surface area contributed by atoms with Crippen LogP contribution < -0.4 is 5.32 Å². The fraction of sp³-hybridized carbons (Fsp3) is 0.538. The minimum atomic E-state index is 0.374. The van der Waals surface area contributed by atoms with Crippen molar-refractivity contribution in [1.29, 1.82) is 0 Å². The lowest BCUT2D eigenvalue weighted by molar-refractivity contribution is 0.0960. The van der Waals surface area contributed by atoms with Crippen molar-refractivity contribution >= 4 is 0 Å². The van der Waals surface area contributed by atoms with Crippen LogP contribution >= 0.6 is 0 Å².